The van der Waals surface area contributed by atoms with Crippen LogP contribution in [0, 0.1) is 0 Å². The number of carbonyl (C=O) groups is 1. The van der Waals surface area contributed by atoms with Gasteiger partial charge in [0.1, 0.15) is 5.82 Å². The van der Waals surface area contributed by atoms with Gasteiger partial charge in [0.25, 0.3) is 0 Å². The number of aromatic nitrogens is 2. The van der Waals surface area contributed by atoms with Gasteiger partial charge in [0, 0.05) is 58.2 Å². The predicted octanol–water partition coefficient (Wildman–Crippen LogP) is 2.07. The van der Waals surface area contributed by atoms with Gasteiger partial charge in [0.15, 0.2) is 5.96 Å². The van der Waals surface area contributed by atoms with Crippen molar-refractivity contribution in [2.75, 3.05) is 51.7 Å². The number of nitrogens with one attached hydrogen (secondary N) is 1. The Balaban J connectivity index is 0.00000320. The SMILES string of the molecule is CCc1nsc(N2CCN(C(=NCc3ccccc3)NCC(=O)N(C)C)CC2)n1.I. The highest BCUT2D eigenvalue weighted by molar-refractivity contribution is 14.0. The van der Waals surface area contributed by atoms with Crippen LogP contribution in [0.2, 0.25) is 0 Å². The highest BCUT2D eigenvalue weighted by Gasteiger charge is 2.22. The Morgan fingerprint density at radius 3 is 2.50 bits per heavy atom. The van der Waals surface area contributed by atoms with Crippen LogP contribution in [0.3, 0.4) is 0 Å². The van der Waals surface area contributed by atoms with Crippen molar-refractivity contribution < 1.29 is 4.79 Å². The third kappa shape index (κ3) is 6.79. The lowest BCUT2D eigenvalue weighted by Gasteiger charge is -2.36. The van der Waals surface area contributed by atoms with Gasteiger partial charge in [-0.25, -0.2) is 9.98 Å². The fourth-order valence-corrected chi connectivity index (χ4v) is 3.76. The molecule has 1 amide bonds. The van der Waals surface area contributed by atoms with Crippen LogP contribution in [0.15, 0.2) is 35.3 Å². The van der Waals surface area contributed by atoms with Gasteiger partial charge in [0.2, 0.25) is 11.0 Å². The van der Waals surface area contributed by atoms with Crippen LogP contribution >= 0.6 is 35.5 Å². The smallest absolute Gasteiger partial charge is 0.241 e. The van der Waals surface area contributed by atoms with Crippen molar-refractivity contribution in [3.63, 3.8) is 0 Å². The molecule has 1 saturated heterocycles. The molecule has 0 radical (unpaired) electrons. The van der Waals surface area contributed by atoms with Crippen molar-refractivity contribution in [1.29, 1.82) is 0 Å². The van der Waals surface area contributed by atoms with Gasteiger partial charge in [0.05, 0.1) is 13.1 Å². The first-order valence-corrected chi connectivity index (χ1v) is 10.7. The molecule has 0 atom stereocenters. The topological polar surface area (TPSA) is 77.0 Å². The van der Waals surface area contributed by atoms with Crippen LogP contribution in [0.5, 0.6) is 0 Å². The molecule has 1 aliphatic heterocycles. The Kier molecular flexibility index (Phi) is 9.76. The maximum Gasteiger partial charge on any atom is 0.241 e. The number of amides is 1. The minimum atomic E-state index is 0. The number of carbonyl (C=O) groups excluding carboxylic acids is 1. The molecule has 164 valence electrons. The van der Waals surface area contributed by atoms with Crippen LogP contribution in [-0.2, 0) is 17.8 Å². The monoisotopic (exact) mass is 543 g/mol. The van der Waals surface area contributed by atoms with Crippen molar-refractivity contribution in [3.05, 3.63) is 41.7 Å². The van der Waals surface area contributed by atoms with E-state index in [1.165, 1.54) is 11.5 Å². The summed E-state index contributed by atoms with van der Waals surface area (Å²) >= 11 is 1.47. The van der Waals surface area contributed by atoms with E-state index in [9.17, 15) is 4.79 Å². The summed E-state index contributed by atoms with van der Waals surface area (Å²) in [5.74, 6) is 1.70. The molecule has 1 aromatic heterocycles. The maximum absolute atomic E-state index is 12.0. The van der Waals surface area contributed by atoms with Gasteiger partial charge < -0.3 is 20.0 Å². The average molecular weight is 543 g/mol. The molecule has 3 rings (SSSR count). The Bertz CT molecular complexity index is 820. The zero-order chi connectivity index (χ0) is 20.6. The first-order chi connectivity index (χ1) is 14.1. The van der Waals surface area contributed by atoms with Crippen molar-refractivity contribution in [1.82, 2.24) is 24.5 Å². The van der Waals surface area contributed by atoms with Crippen LogP contribution < -0.4 is 10.2 Å². The lowest BCUT2D eigenvalue weighted by molar-refractivity contribution is -0.127. The number of piperazine rings is 1. The van der Waals surface area contributed by atoms with Gasteiger partial charge >= 0.3 is 0 Å². The minimum absolute atomic E-state index is 0. The molecule has 1 aromatic carbocycles. The summed E-state index contributed by atoms with van der Waals surface area (Å²) in [6, 6.07) is 10.1. The Labute approximate surface area is 199 Å². The number of anilines is 1. The van der Waals surface area contributed by atoms with E-state index in [1.54, 1.807) is 19.0 Å². The third-order valence-electron chi connectivity index (χ3n) is 4.77. The number of hydrogen-bond acceptors (Lipinski definition) is 6. The Hall–Kier alpha value is -1.95. The van der Waals surface area contributed by atoms with E-state index in [2.05, 4.69) is 43.5 Å². The lowest BCUT2D eigenvalue weighted by atomic mass is 10.2. The van der Waals surface area contributed by atoms with E-state index in [1.807, 2.05) is 18.2 Å². The lowest BCUT2D eigenvalue weighted by Crippen LogP contribution is -2.53. The fraction of sp³-hybridized carbons (Fsp3) is 0.500. The molecule has 10 heteroatoms. The molecule has 0 spiro atoms. The van der Waals surface area contributed by atoms with E-state index in [4.69, 9.17) is 4.99 Å². The second kappa shape index (κ2) is 12.0. The number of aryl methyl sites for hydroxylation is 1. The van der Waals surface area contributed by atoms with E-state index >= 15 is 0 Å². The Morgan fingerprint density at radius 2 is 1.90 bits per heavy atom. The van der Waals surface area contributed by atoms with E-state index < -0.39 is 0 Å². The average Bonchev–Trinajstić information content (AvgIpc) is 3.24. The number of rotatable bonds is 6. The van der Waals surface area contributed by atoms with E-state index in [-0.39, 0.29) is 36.4 Å². The molecule has 0 unspecified atom stereocenters. The molecule has 8 nitrogen and oxygen atoms in total. The molecule has 2 heterocycles. The van der Waals surface area contributed by atoms with Gasteiger partial charge in [-0.2, -0.15) is 4.37 Å². The largest absolute Gasteiger partial charge is 0.347 e. The molecular formula is C20H30IN7OS. The third-order valence-corrected chi connectivity index (χ3v) is 5.59. The summed E-state index contributed by atoms with van der Waals surface area (Å²) in [7, 11) is 3.52. The number of nitrogens with zero attached hydrogens (tertiary/aromatic N) is 6. The summed E-state index contributed by atoms with van der Waals surface area (Å²) in [5.41, 5.74) is 1.14. The molecule has 2 aromatic rings. The molecule has 1 N–H and O–H groups in total. The quantitative estimate of drug-likeness (QED) is 0.342. The van der Waals surface area contributed by atoms with Gasteiger partial charge in [-0.15, -0.1) is 24.0 Å². The van der Waals surface area contributed by atoms with Crippen LogP contribution in [0.1, 0.15) is 18.3 Å². The van der Waals surface area contributed by atoms with Crippen LogP contribution in [-0.4, -0.2) is 77.8 Å². The highest BCUT2D eigenvalue weighted by atomic mass is 127. The Morgan fingerprint density at radius 1 is 1.20 bits per heavy atom. The molecule has 0 saturated carbocycles. The van der Waals surface area contributed by atoms with Gasteiger partial charge in [-0.3, -0.25) is 4.79 Å². The minimum Gasteiger partial charge on any atom is -0.347 e. The second-order valence-electron chi connectivity index (χ2n) is 7.09. The number of benzene rings is 1. The fourth-order valence-electron chi connectivity index (χ4n) is 2.96. The number of guanidine groups is 1. The molecule has 0 bridgehead atoms. The van der Waals surface area contributed by atoms with Crippen LogP contribution in [0.4, 0.5) is 5.13 Å². The standard InChI is InChI=1S/C20H29N7OS.HI/c1-4-17-23-20(29-24-17)27-12-10-26(11-13-27)19(22-15-18(28)25(2)3)21-14-16-8-6-5-7-9-16;/h5-9H,4,10-15H2,1-3H3,(H,21,22);1H. The molecule has 1 fully saturated rings. The normalized spacial score (nSPS) is 14.3. The van der Waals surface area contributed by atoms with Gasteiger partial charge in [-0.05, 0) is 5.56 Å². The van der Waals surface area contributed by atoms with Crippen LogP contribution in [0.25, 0.3) is 0 Å². The summed E-state index contributed by atoms with van der Waals surface area (Å²) in [6.07, 6.45) is 0.858. The summed E-state index contributed by atoms with van der Waals surface area (Å²) in [4.78, 5) is 27.5. The van der Waals surface area contributed by atoms with E-state index in [0.717, 1.165) is 55.1 Å². The molecule has 0 aliphatic carbocycles. The van der Waals surface area contributed by atoms with Crippen molar-refractivity contribution in [3.8, 4) is 0 Å². The van der Waals surface area contributed by atoms with E-state index in [0.29, 0.717) is 6.54 Å². The highest BCUT2D eigenvalue weighted by Crippen LogP contribution is 2.19. The second-order valence-corrected chi connectivity index (χ2v) is 7.82. The number of likely N-dealkylation sites (N-methyl/N-ethyl adjacent to an activating group) is 1. The number of halogens is 1. The summed E-state index contributed by atoms with van der Waals surface area (Å²) in [5, 5.41) is 4.24. The zero-order valence-electron chi connectivity index (χ0n) is 17.7. The number of hydrogen-bond donors (Lipinski definition) is 1. The summed E-state index contributed by atoms with van der Waals surface area (Å²) < 4.78 is 4.39. The van der Waals surface area contributed by atoms with Crippen molar-refractivity contribution in [2.45, 2.75) is 19.9 Å². The molecule has 1 aliphatic rings. The van der Waals surface area contributed by atoms with Crippen molar-refractivity contribution >= 4 is 52.5 Å². The summed E-state index contributed by atoms with van der Waals surface area (Å²) in [6.45, 7) is 6.22. The first kappa shape index (κ1) is 24.3. The zero-order valence-corrected chi connectivity index (χ0v) is 20.9. The predicted molar refractivity (Wildman–Crippen MR) is 133 cm³/mol. The molecular weight excluding hydrogens is 513 g/mol. The number of aliphatic imine (C=N–C) groups is 1. The maximum atomic E-state index is 12.0. The van der Waals surface area contributed by atoms with Crippen molar-refractivity contribution in [2.24, 2.45) is 4.99 Å². The molecule has 30 heavy (non-hydrogen) atoms. The first-order valence-electron chi connectivity index (χ1n) is 9.91. The van der Waals surface area contributed by atoms with Gasteiger partial charge in [-0.1, -0.05) is 37.3 Å².